The number of urea groups is 1. The number of nitrogens with zero attached hydrogens (tertiary/aromatic N) is 2. The minimum atomic E-state index is -2.20. The number of aromatic nitrogens is 1. The molecule has 3 aromatic rings. The molecule has 1 heterocycles. The molecule has 0 saturated heterocycles. The highest BCUT2D eigenvalue weighted by Gasteiger charge is 2.30. The summed E-state index contributed by atoms with van der Waals surface area (Å²) in [4.78, 5) is 27.9. The molecule has 0 aliphatic rings. The third kappa shape index (κ3) is 3.00. The summed E-state index contributed by atoms with van der Waals surface area (Å²) in [5.41, 5.74) is 2.42. The molecule has 0 saturated carbocycles. The lowest BCUT2D eigenvalue weighted by Gasteiger charge is -1.87. The molecule has 21 heavy (non-hydrogen) atoms. The number of fused-ring (bicyclic) bond motifs is 3. The van der Waals surface area contributed by atoms with Crippen molar-refractivity contribution in [1.82, 2.24) is 4.98 Å². The van der Waals surface area contributed by atoms with Crippen molar-refractivity contribution in [3.05, 3.63) is 68.8 Å². The zero-order chi connectivity index (χ0) is 15.4. The van der Waals surface area contributed by atoms with Gasteiger partial charge in [-0.1, -0.05) is 36.4 Å². The van der Waals surface area contributed by atoms with Crippen LogP contribution >= 0.6 is 0 Å². The number of nitrogens with one attached hydrogen (secondary N) is 1. The second-order valence-corrected chi connectivity index (χ2v) is 4.01. The van der Waals surface area contributed by atoms with E-state index in [9.17, 15) is 4.79 Å². The number of hydrogen-bond acceptors (Lipinski definition) is 5. The first-order valence-electron chi connectivity index (χ1n) is 5.79. The molecule has 8 heteroatoms. The van der Waals surface area contributed by atoms with E-state index in [1.807, 2.05) is 0 Å². The van der Waals surface area contributed by atoms with Crippen LogP contribution in [0.2, 0.25) is 0 Å². The van der Waals surface area contributed by atoms with Crippen LogP contribution in [0.3, 0.4) is 0 Å². The molecule has 0 aliphatic heterocycles. The van der Waals surface area contributed by atoms with E-state index in [2.05, 4.69) is 53.5 Å². The first-order chi connectivity index (χ1) is 10.0. The van der Waals surface area contributed by atoms with Gasteiger partial charge in [0, 0.05) is 21.8 Å². The summed E-state index contributed by atoms with van der Waals surface area (Å²) in [5.74, 6) is 0. The number of rotatable bonds is 0. The van der Waals surface area contributed by atoms with E-state index in [1.54, 1.807) is 0 Å². The number of para-hydroxylation sites is 2. The number of nitro groups is 2. The van der Waals surface area contributed by atoms with Gasteiger partial charge in [0.05, 0.1) is 0 Å². The second kappa shape index (κ2) is 5.78. The lowest BCUT2D eigenvalue weighted by Crippen LogP contribution is -2.18. The fraction of sp³-hybridized carbons (Fsp3) is 0. The van der Waals surface area contributed by atoms with Gasteiger partial charge < -0.3 is 4.98 Å². The van der Waals surface area contributed by atoms with Gasteiger partial charge >= 0.3 is 6.03 Å². The van der Waals surface area contributed by atoms with Crippen molar-refractivity contribution in [1.29, 1.82) is 0 Å². The summed E-state index contributed by atoms with van der Waals surface area (Å²) in [6, 6.07) is 14.6. The van der Waals surface area contributed by atoms with Crippen molar-refractivity contribution in [2.24, 2.45) is 0 Å². The van der Waals surface area contributed by atoms with E-state index in [1.165, 1.54) is 21.8 Å². The van der Waals surface area contributed by atoms with Crippen LogP contribution in [-0.4, -0.2) is 20.9 Å². The summed E-state index contributed by atoms with van der Waals surface area (Å²) in [7, 11) is 0. The fourth-order valence-electron chi connectivity index (χ4n) is 1.87. The monoisotopic (exact) mass is 287 g/mol. The smallest absolute Gasteiger partial charge is 0.355 e. The Bertz CT molecular complexity index is 774. The Morgan fingerprint density at radius 1 is 0.810 bits per heavy atom. The summed E-state index contributed by atoms with van der Waals surface area (Å²) >= 11 is 0. The number of carbonyl (C=O) groups excluding carboxylic acids is 1. The first-order valence-corrected chi connectivity index (χ1v) is 5.79. The summed E-state index contributed by atoms with van der Waals surface area (Å²) in [6.45, 7) is 0. The van der Waals surface area contributed by atoms with Crippen LogP contribution in [0.25, 0.3) is 21.8 Å². The summed E-state index contributed by atoms with van der Waals surface area (Å²) < 4.78 is 0. The molecule has 2 aromatic carbocycles. The maximum atomic E-state index is 9.44. The van der Waals surface area contributed by atoms with E-state index >= 15 is 0 Å². The molecule has 0 atom stereocenters. The molecule has 0 aliphatic carbocycles. The molecule has 0 unspecified atom stereocenters. The Kier molecular flexibility index (Phi) is 3.89. The molecule has 1 aromatic heterocycles. The molecule has 0 fully saturated rings. The van der Waals surface area contributed by atoms with Gasteiger partial charge in [-0.2, -0.15) is 0 Å². The predicted molar refractivity (Wildman–Crippen MR) is 75.2 cm³/mol. The standard InChI is InChI=1S/C12H9N.CN2O5/c1-3-7-11-9(5-1)10-6-2-4-8-12(10)13-11;4-1(2(5)6)3(7)8/h1-8,13H;. The van der Waals surface area contributed by atoms with Gasteiger partial charge in [0.2, 0.25) is 0 Å². The minimum absolute atomic E-state index is 1.21. The number of carbonyl (C=O) groups is 1. The third-order valence-electron chi connectivity index (χ3n) is 2.73. The normalized spacial score (nSPS) is 9.90. The molecule has 3 rings (SSSR count). The van der Waals surface area contributed by atoms with E-state index < -0.39 is 15.9 Å². The van der Waals surface area contributed by atoms with Crippen LogP contribution < -0.4 is 0 Å². The van der Waals surface area contributed by atoms with Crippen LogP contribution in [0, 0.1) is 20.2 Å². The topological polar surface area (TPSA) is 119 Å². The molecule has 8 nitrogen and oxygen atoms in total. The largest absolute Gasteiger partial charge is 0.789 e. The lowest BCUT2D eigenvalue weighted by molar-refractivity contribution is -0.525. The summed E-state index contributed by atoms with van der Waals surface area (Å²) in [5, 5.41) is 20.9. The van der Waals surface area contributed by atoms with Crippen molar-refractivity contribution in [3.63, 3.8) is 0 Å². The van der Waals surface area contributed by atoms with E-state index in [-0.39, 0.29) is 0 Å². The van der Waals surface area contributed by atoms with Crippen molar-refractivity contribution >= 4 is 27.8 Å². The Morgan fingerprint density at radius 3 is 1.52 bits per heavy atom. The second-order valence-electron chi connectivity index (χ2n) is 4.01. The number of H-pyrrole nitrogens is 1. The number of hydrogen-bond donors (Lipinski definition) is 1. The van der Waals surface area contributed by atoms with Gasteiger partial charge in [-0.3, -0.25) is 20.2 Å². The van der Waals surface area contributed by atoms with Gasteiger partial charge in [-0.15, -0.1) is 4.79 Å². The number of benzene rings is 2. The maximum Gasteiger partial charge on any atom is 0.789 e. The van der Waals surface area contributed by atoms with Gasteiger partial charge in [-0.25, -0.2) is 0 Å². The quantitative estimate of drug-likeness (QED) is 0.503. The Balaban J connectivity index is 0.000000177. The van der Waals surface area contributed by atoms with Crippen LogP contribution in [0.15, 0.2) is 48.5 Å². The average molecular weight is 287 g/mol. The van der Waals surface area contributed by atoms with Gasteiger partial charge in [0.25, 0.3) is 0 Å². The van der Waals surface area contributed by atoms with E-state index in [0.29, 0.717) is 0 Å². The van der Waals surface area contributed by atoms with Gasteiger partial charge in [-0.05, 0) is 12.1 Å². The van der Waals surface area contributed by atoms with Crippen LogP contribution in [0.4, 0.5) is 4.79 Å². The van der Waals surface area contributed by atoms with E-state index in [0.717, 1.165) is 0 Å². The summed E-state index contributed by atoms with van der Waals surface area (Å²) in [6.07, 6.45) is 0. The molecule has 2 amide bonds. The Hall–Kier alpha value is -3.29. The van der Waals surface area contributed by atoms with Crippen molar-refractivity contribution in [3.8, 4) is 0 Å². The molecule has 0 spiro atoms. The van der Waals surface area contributed by atoms with Gasteiger partial charge in [0.15, 0.2) is 9.85 Å². The van der Waals surface area contributed by atoms with Crippen molar-refractivity contribution in [2.45, 2.75) is 0 Å². The van der Waals surface area contributed by atoms with Crippen LogP contribution in [-0.2, 0) is 0 Å². The molecule has 0 radical (unpaired) electrons. The molecular formula is C13H9N3O5. The number of amides is 2. The highest BCUT2D eigenvalue weighted by Crippen LogP contribution is 2.24. The van der Waals surface area contributed by atoms with Crippen LogP contribution in [0.5, 0.6) is 0 Å². The Labute approximate surface area is 117 Å². The zero-order valence-electron chi connectivity index (χ0n) is 10.6. The minimum Gasteiger partial charge on any atom is -0.355 e. The average Bonchev–Trinajstić information content (AvgIpc) is 2.85. The van der Waals surface area contributed by atoms with Gasteiger partial charge in [0.1, 0.15) is 0 Å². The Morgan fingerprint density at radius 2 is 1.19 bits per heavy atom. The molecular weight excluding hydrogens is 278 g/mol. The SMILES string of the molecule is O=C([N+](=O)[O-])[N+](=O)[O-].c1ccc2c(c1)[nH]c1ccccc12. The molecule has 106 valence electrons. The third-order valence-corrected chi connectivity index (χ3v) is 2.73. The zero-order valence-corrected chi connectivity index (χ0v) is 10.6. The highest BCUT2D eigenvalue weighted by molar-refractivity contribution is 6.06. The fourth-order valence-corrected chi connectivity index (χ4v) is 1.87. The predicted octanol–water partition coefficient (Wildman–Crippen LogP) is 2.98. The van der Waals surface area contributed by atoms with Crippen molar-refractivity contribution < 1.29 is 14.6 Å². The van der Waals surface area contributed by atoms with E-state index in [4.69, 9.17) is 20.2 Å². The van der Waals surface area contributed by atoms with Crippen molar-refractivity contribution in [2.75, 3.05) is 0 Å². The highest BCUT2D eigenvalue weighted by atomic mass is 16.7. The number of aromatic amines is 1. The molecule has 0 bridgehead atoms. The maximum absolute atomic E-state index is 9.44. The molecule has 1 N–H and O–H groups in total. The van der Waals surface area contributed by atoms with Crippen LogP contribution in [0.1, 0.15) is 0 Å². The lowest BCUT2D eigenvalue weighted by atomic mass is 10.2. The first kappa shape index (κ1) is 14.1.